The summed E-state index contributed by atoms with van der Waals surface area (Å²) >= 11 is 3.39. The fourth-order valence-corrected chi connectivity index (χ4v) is 9.30. The smallest absolute Gasteiger partial charge is 0.769 e. The summed E-state index contributed by atoms with van der Waals surface area (Å²) in [6.45, 7) is 14.8. The first-order chi connectivity index (χ1) is 47.6. The van der Waals surface area contributed by atoms with Crippen molar-refractivity contribution in [3.8, 4) is 12.3 Å². The van der Waals surface area contributed by atoms with Crippen molar-refractivity contribution in [2.24, 2.45) is 38.1 Å². The van der Waals surface area contributed by atoms with Crippen molar-refractivity contribution >= 4 is 114 Å². The van der Waals surface area contributed by atoms with Gasteiger partial charge < -0.3 is 92.4 Å². The third kappa shape index (κ3) is 27.4. The molecule has 6 amide bonds. The van der Waals surface area contributed by atoms with Gasteiger partial charge in [0.05, 0.1) is 77.4 Å². The number of hydrogen-bond acceptors (Lipinski definition) is 28. The van der Waals surface area contributed by atoms with Crippen LogP contribution in [-0.2, 0) is 101 Å². The minimum Gasteiger partial charge on any atom is -0.769 e. The van der Waals surface area contributed by atoms with E-state index in [0.29, 0.717) is 69.1 Å². The monoisotopic (exact) mass is 1530 g/mol. The number of carboxylic acid groups (broad SMARTS) is 1. The summed E-state index contributed by atoms with van der Waals surface area (Å²) in [6, 6.07) is -1.99. The molecule has 35 nitrogen and oxygen atoms in total. The second-order valence-corrected chi connectivity index (χ2v) is 25.4. The third-order valence-electron chi connectivity index (χ3n) is 18.6. The Morgan fingerprint density at radius 3 is 1.08 bits per heavy atom. The minimum absolute atomic E-state index is 0. The molecule has 0 aliphatic heterocycles. The maximum atomic E-state index is 12.5. The number of aliphatic carboxylic acids is 1. The zero-order valence-electron chi connectivity index (χ0n) is 63.7. The summed E-state index contributed by atoms with van der Waals surface area (Å²) in [4.78, 5) is 169. The Balaban J connectivity index is -0.000000565. The first-order valence-electron chi connectivity index (χ1n) is 31.9. The number of oxime groups is 1. The number of aldehydes is 1. The van der Waals surface area contributed by atoms with E-state index >= 15 is 0 Å². The Kier molecular flexibility index (Phi) is 45.9. The van der Waals surface area contributed by atoms with E-state index in [1.807, 2.05) is 6.92 Å². The molecule has 6 aliphatic rings. The molecule has 0 unspecified atom stereocenters. The molecule has 6 atom stereocenters. The number of ether oxygens (including phenoxy) is 6. The van der Waals surface area contributed by atoms with Crippen LogP contribution in [0.15, 0.2) is 15.7 Å². The van der Waals surface area contributed by atoms with Crippen molar-refractivity contribution in [2.45, 2.75) is 181 Å². The molecule has 586 valence electrons. The van der Waals surface area contributed by atoms with Crippen LogP contribution in [0.3, 0.4) is 0 Å². The summed E-state index contributed by atoms with van der Waals surface area (Å²) in [5, 5.41) is 39.8. The number of carboxylic acids is 1. The Hall–Kier alpha value is -7.56. The number of aryl methyl sites for hydroxylation is 1. The molecule has 0 radical (unpaired) electrons. The molecule has 0 spiro atoms. The van der Waals surface area contributed by atoms with E-state index in [2.05, 4.69) is 68.8 Å². The first-order valence-corrected chi connectivity index (χ1v) is 32.2. The standard InChI is InChI=1S/C13H18N2O4.C10H16N2O4.C10H15NO5.C10H17NO4.C10H15NO4.C10H17NO3.C3H4.ClO.ClH.H3NO.Na/c1-8-7-10(14-19-8)13(5-6-13)12(17)15(3)9(2)11(16)18-4;1-7(8(13)16-3)12(2)9(14)10(4-5-10)6-11-15;1-6(7(12)16-3)11(2)8(13)10(4-5-10)9(14)15;2*1-7(8(13)15-3)11(2)9(14)10(6-12)4-5-10;1-7(8(12)14-4)11(3)9(13)10(2)5-6-10;1-3-2;1-2;;1-2;/h7,9H,5-6H2,1-4H3;6-7,15H,4-5H2,1-3H3;6H,4-5H2,1-3H3,(H,14,15);7,12H,4-6H2,1-3H3;6-7H,4-5H2,1-3H3;7H,5-6H2,1-4H3;1H,2H3;;1H;2H,1H2;/q;;;;;;;-1;;;+1/b;11-6+;;;;;;;;;/t9-;7-;6-;3*7-;;;;;/m111111...../s1. The molecule has 38 heteroatoms. The predicted octanol–water partition coefficient (Wildman–Crippen LogP) is -1.38. The topological polar surface area (TPSA) is 482 Å². The van der Waals surface area contributed by atoms with Gasteiger partial charge in [0.15, 0.2) is 0 Å². The molecule has 6 saturated carbocycles. The van der Waals surface area contributed by atoms with Crippen LogP contribution < -0.4 is 40.1 Å². The van der Waals surface area contributed by atoms with Gasteiger partial charge in [-0.05, 0) is 132 Å². The van der Waals surface area contributed by atoms with Gasteiger partial charge in [-0.1, -0.05) is 12.1 Å². The number of aromatic nitrogens is 1. The number of hydrogen-bond donors (Lipinski definition) is 5. The van der Waals surface area contributed by atoms with Crippen LogP contribution in [0.1, 0.15) is 144 Å². The van der Waals surface area contributed by atoms with Crippen molar-refractivity contribution in [2.75, 3.05) is 91.6 Å². The van der Waals surface area contributed by atoms with Crippen LogP contribution in [-0.4, -0.2) is 273 Å². The number of carbonyl (C=O) groups is 14. The van der Waals surface area contributed by atoms with Gasteiger partial charge in [-0.15, -0.1) is 29.9 Å². The van der Waals surface area contributed by atoms with E-state index in [9.17, 15) is 67.1 Å². The molecule has 7 rings (SSSR count). The van der Waals surface area contributed by atoms with Crippen LogP contribution >= 0.6 is 24.3 Å². The molecule has 6 aliphatic carbocycles. The number of halogens is 2. The Morgan fingerprint density at radius 1 is 0.567 bits per heavy atom. The molecule has 1 aromatic heterocycles. The van der Waals surface area contributed by atoms with Crippen LogP contribution in [0, 0.1) is 46.3 Å². The Labute approximate surface area is 640 Å². The number of carbonyl (C=O) groups excluding carboxylic acids is 13. The minimum atomic E-state index is -1.31. The van der Waals surface area contributed by atoms with E-state index in [1.165, 1.54) is 101 Å². The quantitative estimate of drug-likeness (QED) is 0.00970. The average Bonchev–Trinajstić information content (AvgIpc) is 1.52. The number of methoxy groups -OCH3 is 6. The number of aliphatic hydroxyl groups excluding tert-OH is 1. The third-order valence-corrected chi connectivity index (χ3v) is 18.6. The number of nitrogens with two attached hydrogens (primary N) is 1. The van der Waals surface area contributed by atoms with Gasteiger partial charge in [-0.25, -0.2) is 46.5 Å². The van der Waals surface area contributed by atoms with Crippen molar-refractivity contribution in [1.29, 1.82) is 0 Å². The predicted molar refractivity (Wildman–Crippen MR) is 366 cm³/mol. The number of amides is 6. The SMILES string of the molecule is C#CC.COC(=O)[C@@H](C)N(C)C(=O)C1(/C=N/O)CC1.COC(=O)[C@@H](C)N(C)C(=O)C1(C(=O)O)CC1.COC(=O)[C@@H](C)N(C)C(=O)C1(C)CC1.COC(=O)[C@@H](C)N(C)C(=O)C1(C=O)CC1.COC(=O)[C@@H](C)N(C)C(=O)C1(CO)CC1.COC(=O)[C@@H](C)N(C)C(=O)C1(c2cc(C)on2)CC1.Cl.NO.[Na+].[O-]Cl. The number of rotatable bonds is 23. The summed E-state index contributed by atoms with van der Waals surface area (Å²) in [7, 11) is 17.0. The molecule has 104 heavy (non-hydrogen) atoms. The van der Waals surface area contributed by atoms with Crippen molar-refractivity contribution < 1.29 is 155 Å². The Morgan fingerprint density at radius 2 is 0.856 bits per heavy atom. The molecule has 0 aromatic carbocycles. The second kappa shape index (κ2) is 46.4. The van der Waals surface area contributed by atoms with E-state index in [-0.39, 0.29) is 89.5 Å². The van der Waals surface area contributed by atoms with Gasteiger partial charge in [0, 0.05) is 53.8 Å². The molecule has 1 aromatic rings. The van der Waals surface area contributed by atoms with Gasteiger partial charge in [-0.2, -0.15) is 0 Å². The van der Waals surface area contributed by atoms with Gasteiger partial charge in [0.2, 0.25) is 35.4 Å². The summed E-state index contributed by atoms with van der Waals surface area (Å²) in [6.07, 6.45) is 14.3. The van der Waals surface area contributed by atoms with E-state index in [4.69, 9.17) is 29.8 Å². The second-order valence-electron chi connectivity index (χ2n) is 25.4. The summed E-state index contributed by atoms with van der Waals surface area (Å²) in [5.74, 6) is 1.26. The first kappa shape index (κ1) is 103. The molecule has 6 fully saturated rings. The fraction of sp³-hybridized carbons (Fsp3) is 0.697. The molecule has 0 bridgehead atoms. The summed E-state index contributed by atoms with van der Waals surface area (Å²) < 4.78 is 40.1. The maximum Gasteiger partial charge on any atom is 1.00 e. The zero-order valence-corrected chi connectivity index (χ0v) is 67.2. The van der Waals surface area contributed by atoms with Crippen LogP contribution in [0.25, 0.3) is 0 Å². The van der Waals surface area contributed by atoms with E-state index in [0.717, 1.165) is 30.6 Å². The molecule has 1 heterocycles. The van der Waals surface area contributed by atoms with E-state index < -0.39 is 105 Å². The maximum absolute atomic E-state index is 12.5. The van der Waals surface area contributed by atoms with Crippen molar-refractivity contribution in [3.63, 3.8) is 0 Å². The molecular formula is C66H106Cl2N9NaO26. The van der Waals surface area contributed by atoms with Gasteiger partial charge in [0.25, 0.3) is 0 Å². The van der Waals surface area contributed by atoms with E-state index in [1.54, 1.807) is 75.7 Å². The number of aliphatic hydroxyl groups is 1. The molecule has 0 saturated heterocycles. The van der Waals surface area contributed by atoms with Gasteiger partial charge >= 0.3 is 71.3 Å². The molecular weight excluding hydrogens is 1430 g/mol. The average molecular weight is 1540 g/mol. The number of nitrogens with zero attached hydrogens (tertiary/aromatic N) is 8. The van der Waals surface area contributed by atoms with Gasteiger partial charge in [-0.3, -0.25) is 33.6 Å². The van der Waals surface area contributed by atoms with Crippen LogP contribution in [0.4, 0.5) is 0 Å². The Bertz CT molecular complexity index is 3120. The number of likely N-dealkylation sites (N-methyl/N-ethyl adjacent to an activating group) is 6. The zero-order chi connectivity index (χ0) is 80.0. The van der Waals surface area contributed by atoms with Crippen molar-refractivity contribution in [3.05, 3.63) is 17.5 Å². The largest absolute Gasteiger partial charge is 1.00 e. The molecule has 6 N–H and O–H groups in total. The fourth-order valence-electron chi connectivity index (χ4n) is 9.30. The van der Waals surface area contributed by atoms with Crippen LogP contribution in [0.2, 0.25) is 0 Å². The normalized spacial score (nSPS) is 17.4. The van der Waals surface area contributed by atoms with Crippen LogP contribution in [0.5, 0.6) is 0 Å². The van der Waals surface area contributed by atoms with Gasteiger partial charge in [0.1, 0.15) is 59.1 Å². The summed E-state index contributed by atoms with van der Waals surface area (Å²) in [5.41, 5.74) is -3.71. The number of terminal acetylenes is 1. The van der Waals surface area contributed by atoms with Crippen molar-refractivity contribution in [1.82, 2.24) is 34.6 Å². The number of esters is 6.